The van der Waals surface area contributed by atoms with Gasteiger partial charge in [0.05, 0.1) is 10.7 Å². The van der Waals surface area contributed by atoms with Crippen LogP contribution in [0.2, 0.25) is 0 Å². The number of piperazine rings is 1. The van der Waals surface area contributed by atoms with Gasteiger partial charge in [-0.2, -0.15) is 0 Å². The molecular formula is C19H28Cl2N4OS. The maximum atomic E-state index is 12.6. The molecule has 0 bridgehead atoms. The summed E-state index contributed by atoms with van der Waals surface area (Å²) in [6, 6.07) is 7.20. The van der Waals surface area contributed by atoms with E-state index in [1.54, 1.807) is 23.5 Å². The molecule has 2 N–H and O–H groups in total. The topological polar surface area (TPSA) is 62.5 Å². The van der Waals surface area contributed by atoms with Gasteiger partial charge in [-0.15, -0.1) is 36.2 Å². The number of aromatic nitrogens is 1. The van der Waals surface area contributed by atoms with Crippen molar-refractivity contribution in [2.75, 3.05) is 31.9 Å². The standard InChI is InChI=1S/C19H26N4OS.2ClH/c1-19(2,3)18-21-16(13-25-18)12-22-7-9-23(10-8-22)17(24)14-5-4-6-15(20)11-14;;/h4-6,11,13H,7-10,12,20H2,1-3H3;2*1H. The van der Waals surface area contributed by atoms with Gasteiger partial charge in [0.25, 0.3) is 5.91 Å². The Bertz CT molecular complexity index is 752. The van der Waals surface area contributed by atoms with Crippen LogP contribution >= 0.6 is 36.2 Å². The number of nitrogens with two attached hydrogens (primary N) is 1. The Morgan fingerprint density at radius 1 is 1.19 bits per heavy atom. The monoisotopic (exact) mass is 430 g/mol. The zero-order chi connectivity index (χ0) is 18.0. The minimum atomic E-state index is 0. The lowest BCUT2D eigenvalue weighted by molar-refractivity contribution is 0.0627. The predicted molar refractivity (Wildman–Crippen MR) is 117 cm³/mol. The molecule has 150 valence electrons. The molecule has 0 atom stereocenters. The van der Waals surface area contributed by atoms with Crippen molar-refractivity contribution in [1.82, 2.24) is 14.8 Å². The molecule has 5 nitrogen and oxygen atoms in total. The zero-order valence-corrected chi connectivity index (χ0v) is 18.4. The molecule has 8 heteroatoms. The van der Waals surface area contributed by atoms with Gasteiger partial charge in [0.15, 0.2) is 0 Å². The molecular weight excluding hydrogens is 403 g/mol. The number of benzene rings is 1. The minimum absolute atomic E-state index is 0. The van der Waals surface area contributed by atoms with Gasteiger partial charge in [-0.25, -0.2) is 4.98 Å². The van der Waals surface area contributed by atoms with Crippen LogP contribution in [0.3, 0.4) is 0 Å². The molecule has 0 radical (unpaired) electrons. The summed E-state index contributed by atoms with van der Waals surface area (Å²) in [5.41, 5.74) is 8.31. The molecule has 1 aliphatic rings. The van der Waals surface area contributed by atoms with Gasteiger partial charge in [-0.3, -0.25) is 9.69 Å². The summed E-state index contributed by atoms with van der Waals surface area (Å²) in [6.45, 7) is 10.6. The smallest absolute Gasteiger partial charge is 0.254 e. The van der Waals surface area contributed by atoms with Crippen molar-refractivity contribution < 1.29 is 4.79 Å². The molecule has 1 fully saturated rings. The molecule has 0 unspecified atom stereocenters. The maximum absolute atomic E-state index is 12.6. The SMILES string of the molecule is CC(C)(C)c1nc(CN2CCN(C(=O)c3cccc(N)c3)CC2)cs1.Cl.Cl. The first-order valence-electron chi connectivity index (χ1n) is 8.65. The highest BCUT2D eigenvalue weighted by Crippen LogP contribution is 2.26. The second-order valence-corrected chi connectivity index (χ2v) is 8.45. The second-order valence-electron chi connectivity index (χ2n) is 7.59. The third-order valence-corrected chi connectivity index (χ3v) is 5.69. The van der Waals surface area contributed by atoms with Crippen molar-refractivity contribution in [3.05, 3.63) is 45.9 Å². The number of nitrogens with zero attached hydrogens (tertiary/aromatic N) is 3. The first-order chi connectivity index (χ1) is 11.8. The number of anilines is 1. The minimum Gasteiger partial charge on any atom is -0.399 e. The van der Waals surface area contributed by atoms with Gasteiger partial charge >= 0.3 is 0 Å². The summed E-state index contributed by atoms with van der Waals surface area (Å²) < 4.78 is 0. The summed E-state index contributed by atoms with van der Waals surface area (Å²) in [6.07, 6.45) is 0. The number of amides is 1. The van der Waals surface area contributed by atoms with Crippen LogP contribution in [0.25, 0.3) is 0 Å². The number of nitrogen functional groups attached to an aromatic ring is 1. The van der Waals surface area contributed by atoms with Crippen molar-refractivity contribution in [1.29, 1.82) is 0 Å². The fraction of sp³-hybridized carbons (Fsp3) is 0.474. The Balaban J connectivity index is 0.00000182. The lowest BCUT2D eigenvalue weighted by atomic mass is 9.98. The molecule has 0 saturated carbocycles. The number of carbonyl (C=O) groups excluding carboxylic acids is 1. The van der Waals surface area contributed by atoms with Gasteiger partial charge in [-0.1, -0.05) is 26.8 Å². The first kappa shape index (κ1) is 23.7. The molecule has 3 rings (SSSR count). The number of carbonyl (C=O) groups is 1. The van der Waals surface area contributed by atoms with Crippen LogP contribution in [0.5, 0.6) is 0 Å². The molecule has 1 amide bonds. The van der Waals surface area contributed by atoms with E-state index >= 15 is 0 Å². The molecule has 27 heavy (non-hydrogen) atoms. The van der Waals surface area contributed by atoms with Crippen LogP contribution in [0.15, 0.2) is 29.6 Å². The fourth-order valence-corrected chi connectivity index (χ4v) is 3.81. The van der Waals surface area contributed by atoms with E-state index in [2.05, 4.69) is 31.1 Å². The van der Waals surface area contributed by atoms with Crippen LogP contribution in [-0.2, 0) is 12.0 Å². The Morgan fingerprint density at radius 2 is 1.85 bits per heavy atom. The number of halogens is 2. The maximum Gasteiger partial charge on any atom is 0.254 e. The number of rotatable bonds is 3. The second kappa shape index (κ2) is 9.73. The lowest BCUT2D eigenvalue weighted by Crippen LogP contribution is -2.48. The molecule has 0 spiro atoms. The molecule has 1 aromatic heterocycles. The third kappa shape index (κ3) is 6.07. The largest absolute Gasteiger partial charge is 0.399 e. The summed E-state index contributed by atoms with van der Waals surface area (Å²) in [5, 5.41) is 3.34. The van der Waals surface area contributed by atoms with E-state index in [9.17, 15) is 4.79 Å². The van der Waals surface area contributed by atoms with E-state index in [1.807, 2.05) is 17.0 Å². The van der Waals surface area contributed by atoms with Crippen molar-refractivity contribution in [2.45, 2.75) is 32.7 Å². The Hall–Kier alpha value is -1.34. The van der Waals surface area contributed by atoms with Crippen LogP contribution in [-0.4, -0.2) is 46.9 Å². The first-order valence-corrected chi connectivity index (χ1v) is 9.53. The van der Waals surface area contributed by atoms with E-state index in [4.69, 9.17) is 10.7 Å². The van der Waals surface area contributed by atoms with E-state index in [0.717, 1.165) is 38.4 Å². The van der Waals surface area contributed by atoms with Crippen molar-refractivity contribution >= 4 is 47.7 Å². The van der Waals surface area contributed by atoms with Crippen LogP contribution in [0, 0.1) is 0 Å². The lowest BCUT2D eigenvalue weighted by Gasteiger charge is -2.34. The summed E-state index contributed by atoms with van der Waals surface area (Å²) >= 11 is 1.73. The van der Waals surface area contributed by atoms with E-state index in [0.29, 0.717) is 11.3 Å². The molecule has 1 aliphatic heterocycles. The summed E-state index contributed by atoms with van der Waals surface area (Å²) in [7, 11) is 0. The highest BCUT2D eigenvalue weighted by molar-refractivity contribution is 7.09. The molecule has 1 aromatic carbocycles. The number of hydrogen-bond acceptors (Lipinski definition) is 5. The number of hydrogen-bond donors (Lipinski definition) is 1. The Kier molecular flexibility index (Phi) is 8.54. The summed E-state index contributed by atoms with van der Waals surface area (Å²) in [5.74, 6) is 0.0654. The van der Waals surface area contributed by atoms with E-state index in [1.165, 1.54) is 5.01 Å². The normalized spacial score (nSPS) is 15.0. The third-order valence-electron chi connectivity index (χ3n) is 4.37. The van der Waals surface area contributed by atoms with E-state index < -0.39 is 0 Å². The number of thiazole rings is 1. The van der Waals surface area contributed by atoms with Gasteiger partial charge in [0.1, 0.15) is 0 Å². The van der Waals surface area contributed by atoms with Gasteiger partial charge in [0, 0.05) is 54.8 Å². The highest BCUT2D eigenvalue weighted by Gasteiger charge is 2.23. The van der Waals surface area contributed by atoms with Crippen molar-refractivity contribution in [3.63, 3.8) is 0 Å². The van der Waals surface area contributed by atoms with Crippen molar-refractivity contribution in [3.8, 4) is 0 Å². The quantitative estimate of drug-likeness (QED) is 0.751. The summed E-state index contributed by atoms with van der Waals surface area (Å²) in [4.78, 5) is 21.6. The molecule has 2 heterocycles. The average molecular weight is 431 g/mol. The highest BCUT2D eigenvalue weighted by atomic mass is 35.5. The Labute approximate surface area is 177 Å². The van der Waals surface area contributed by atoms with E-state index in [-0.39, 0.29) is 36.1 Å². The molecule has 2 aromatic rings. The fourth-order valence-electron chi connectivity index (χ4n) is 2.92. The predicted octanol–water partition coefficient (Wildman–Crippen LogP) is 3.82. The zero-order valence-electron chi connectivity index (χ0n) is 16.0. The Morgan fingerprint density at radius 3 is 2.41 bits per heavy atom. The van der Waals surface area contributed by atoms with Crippen molar-refractivity contribution in [2.24, 2.45) is 0 Å². The average Bonchev–Trinajstić information content (AvgIpc) is 3.04. The molecule has 1 saturated heterocycles. The van der Waals surface area contributed by atoms with Gasteiger partial charge in [0.2, 0.25) is 0 Å². The van der Waals surface area contributed by atoms with Crippen LogP contribution in [0.1, 0.15) is 41.8 Å². The van der Waals surface area contributed by atoms with Crippen LogP contribution < -0.4 is 5.73 Å². The van der Waals surface area contributed by atoms with Crippen LogP contribution in [0.4, 0.5) is 5.69 Å². The molecule has 0 aliphatic carbocycles. The van der Waals surface area contributed by atoms with Gasteiger partial charge in [-0.05, 0) is 18.2 Å². The van der Waals surface area contributed by atoms with Gasteiger partial charge < -0.3 is 10.6 Å².